The van der Waals surface area contributed by atoms with Crippen molar-refractivity contribution in [2.45, 2.75) is 26.3 Å². The van der Waals surface area contributed by atoms with Crippen LogP contribution in [0.2, 0.25) is 0 Å². The van der Waals surface area contributed by atoms with Gasteiger partial charge in [0, 0.05) is 6.54 Å². The fraction of sp³-hybridized carbons (Fsp3) is 0.556. The Labute approximate surface area is 72.4 Å². The SMILES string of the molecule is CCCCNCc1ccsc1. The Kier molecular flexibility index (Phi) is 4.24. The van der Waals surface area contributed by atoms with E-state index >= 15 is 0 Å². The van der Waals surface area contributed by atoms with Gasteiger partial charge in [-0.3, -0.25) is 0 Å². The maximum absolute atomic E-state index is 3.40. The summed E-state index contributed by atoms with van der Waals surface area (Å²) in [7, 11) is 0. The molecule has 1 rings (SSSR count). The molecule has 0 amide bonds. The largest absolute Gasteiger partial charge is 0.313 e. The van der Waals surface area contributed by atoms with E-state index in [0.717, 1.165) is 13.1 Å². The van der Waals surface area contributed by atoms with Crippen LogP contribution < -0.4 is 5.32 Å². The molecule has 11 heavy (non-hydrogen) atoms. The summed E-state index contributed by atoms with van der Waals surface area (Å²) >= 11 is 1.76. The molecule has 0 saturated heterocycles. The fourth-order valence-electron chi connectivity index (χ4n) is 0.928. The third-order valence-corrected chi connectivity index (χ3v) is 2.35. The minimum absolute atomic E-state index is 1.03. The molecule has 1 aromatic rings. The third kappa shape index (κ3) is 3.54. The number of nitrogens with one attached hydrogen (secondary N) is 1. The molecule has 0 atom stereocenters. The Balaban J connectivity index is 2.04. The van der Waals surface area contributed by atoms with Crippen molar-refractivity contribution in [1.29, 1.82) is 0 Å². The van der Waals surface area contributed by atoms with E-state index in [1.165, 1.54) is 18.4 Å². The zero-order valence-electron chi connectivity index (χ0n) is 6.97. The molecule has 0 aliphatic rings. The van der Waals surface area contributed by atoms with Crippen molar-refractivity contribution in [3.63, 3.8) is 0 Å². The van der Waals surface area contributed by atoms with Gasteiger partial charge >= 0.3 is 0 Å². The number of unbranched alkanes of at least 4 members (excludes halogenated alkanes) is 1. The van der Waals surface area contributed by atoms with E-state index in [-0.39, 0.29) is 0 Å². The Bertz CT molecular complexity index is 170. The molecular weight excluding hydrogens is 154 g/mol. The van der Waals surface area contributed by atoms with Crippen LogP contribution in [0.25, 0.3) is 0 Å². The summed E-state index contributed by atoms with van der Waals surface area (Å²) in [4.78, 5) is 0. The van der Waals surface area contributed by atoms with E-state index in [0.29, 0.717) is 0 Å². The molecule has 2 heteroatoms. The highest BCUT2D eigenvalue weighted by atomic mass is 32.1. The van der Waals surface area contributed by atoms with Gasteiger partial charge in [0.2, 0.25) is 0 Å². The summed E-state index contributed by atoms with van der Waals surface area (Å²) in [6.45, 7) is 4.39. The number of rotatable bonds is 5. The van der Waals surface area contributed by atoms with Crippen molar-refractivity contribution in [1.82, 2.24) is 5.32 Å². The Morgan fingerprint density at radius 2 is 2.45 bits per heavy atom. The van der Waals surface area contributed by atoms with Gasteiger partial charge < -0.3 is 5.32 Å². The lowest BCUT2D eigenvalue weighted by molar-refractivity contribution is 0.642. The molecule has 0 unspecified atom stereocenters. The maximum Gasteiger partial charge on any atom is 0.0213 e. The number of thiophene rings is 1. The summed E-state index contributed by atoms with van der Waals surface area (Å²) < 4.78 is 0. The van der Waals surface area contributed by atoms with Crippen molar-refractivity contribution in [3.8, 4) is 0 Å². The summed E-state index contributed by atoms with van der Waals surface area (Å²) in [6, 6.07) is 2.17. The van der Waals surface area contributed by atoms with Gasteiger partial charge in [0.15, 0.2) is 0 Å². The monoisotopic (exact) mass is 169 g/mol. The topological polar surface area (TPSA) is 12.0 Å². The van der Waals surface area contributed by atoms with E-state index in [1.807, 2.05) is 0 Å². The molecular formula is C9H15NS. The standard InChI is InChI=1S/C9H15NS/c1-2-3-5-10-7-9-4-6-11-8-9/h4,6,8,10H,2-3,5,7H2,1H3. The van der Waals surface area contributed by atoms with Gasteiger partial charge in [-0.05, 0) is 35.4 Å². The van der Waals surface area contributed by atoms with Crippen LogP contribution in [-0.4, -0.2) is 6.54 Å². The van der Waals surface area contributed by atoms with Gasteiger partial charge in [0.1, 0.15) is 0 Å². The van der Waals surface area contributed by atoms with Crippen LogP contribution in [0.15, 0.2) is 16.8 Å². The second kappa shape index (κ2) is 5.33. The van der Waals surface area contributed by atoms with Gasteiger partial charge in [0.25, 0.3) is 0 Å². The van der Waals surface area contributed by atoms with E-state index in [4.69, 9.17) is 0 Å². The molecule has 62 valence electrons. The minimum atomic E-state index is 1.03. The number of hydrogen-bond acceptors (Lipinski definition) is 2. The molecule has 0 aliphatic carbocycles. The average Bonchev–Trinajstić information content (AvgIpc) is 2.50. The van der Waals surface area contributed by atoms with Crippen molar-refractivity contribution in [3.05, 3.63) is 22.4 Å². The lowest BCUT2D eigenvalue weighted by Gasteiger charge is -1.99. The molecule has 0 bridgehead atoms. The first kappa shape index (κ1) is 8.75. The van der Waals surface area contributed by atoms with Crippen molar-refractivity contribution >= 4 is 11.3 Å². The van der Waals surface area contributed by atoms with Crippen LogP contribution in [0.5, 0.6) is 0 Å². The molecule has 1 N–H and O–H groups in total. The van der Waals surface area contributed by atoms with Gasteiger partial charge in [-0.25, -0.2) is 0 Å². The summed E-state index contributed by atoms with van der Waals surface area (Å²) in [6.07, 6.45) is 2.56. The Hall–Kier alpha value is -0.340. The highest BCUT2D eigenvalue weighted by Crippen LogP contribution is 2.04. The van der Waals surface area contributed by atoms with Gasteiger partial charge in [-0.1, -0.05) is 13.3 Å². The normalized spacial score (nSPS) is 10.3. The van der Waals surface area contributed by atoms with Gasteiger partial charge in [-0.2, -0.15) is 11.3 Å². The molecule has 0 saturated carbocycles. The lowest BCUT2D eigenvalue weighted by atomic mass is 10.3. The van der Waals surface area contributed by atoms with Crippen LogP contribution in [0.3, 0.4) is 0 Å². The predicted molar refractivity (Wildman–Crippen MR) is 50.9 cm³/mol. The van der Waals surface area contributed by atoms with Crippen LogP contribution >= 0.6 is 11.3 Å². The lowest BCUT2D eigenvalue weighted by Crippen LogP contribution is -2.13. The average molecular weight is 169 g/mol. The molecule has 0 aliphatic heterocycles. The summed E-state index contributed by atoms with van der Waals surface area (Å²) in [5, 5.41) is 7.71. The fourth-order valence-corrected chi connectivity index (χ4v) is 1.60. The van der Waals surface area contributed by atoms with Crippen molar-refractivity contribution in [2.24, 2.45) is 0 Å². The highest BCUT2D eigenvalue weighted by molar-refractivity contribution is 7.07. The number of hydrogen-bond donors (Lipinski definition) is 1. The smallest absolute Gasteiger partial charge is 0.0213 e. The molecule has 0 radical (unpaired) electrons. The van der Waals surface area contributed by atoms with E-state index in [1.54, 1.807) is 11.3 Å². The summed E-state index contributed by atoms with van der Waals surface area (Å²) in [5.41, 5.74) is 1.41. The molecule has 0 fully saturated rings. The second-order valence-corrected chi connectivity index (χ2v) is 3.44. The first-order chi connectivity index (χ1) is 5.43. The van der Waals surface area contributed by atoms with E-state index < -0.39 is 0 Å². The first-order valence-electron chi connectivity index (χ1n) is 4.15. The second-order valence-electron chi connectivity index (χ2n) is 2.66. The highest BCUT2D eigenvalue weighted by Gasteiger charge is 1.90. The Morgan fingerprint density at radius 1 is 1.55 bits per heavy atom. The first-order valence-corrected chi connectivity index (χ1v) is 5.09. The van der Waals surface area contributed by atoms with E-state index in [2.05, 4.69) is 29.1 Å². The molecule has 1 aromatic heterocycles. The molecule has 0 aromatic carbocycles. The molecule has 1 nitrogen and oxygen atoms in total. The third-order valence-electron chi connectivity index (χ3n) is 1.62. The van der Waals surface area contributed by atoms with Crippen LogP contribution in [-0.2, 0) is 6.54 Å². The molecule has 1 heterocycles. The van der Waals surface area contributed by atoms with Crippen LogP contribution in [0.4, 0.5) is 0 Å². The molecule has 0 spiro atoms. The maximum atomic E-state index is 3.40. The van der Waals surface area contributed by atoms with Gasteiger partial charge in [-0.15, -0.1) is 0 Å². The zero-order chi connectivity index (χ0) is 7.94. The zero-order valence-corrected chi connectivity index (χ0v) is 7.79. The minimum Gasteiger partial charge on any atom is -0.313 e. The van der Waals surface area contributed by atoms with Crippen LogP contribution in [0, 0.1) is 0 Å². The van der Waals surface area contributed by atoms with Crippen molar-refractivity contribution in [2.75, 3.05) is 6.54 Å². The predicted octanol–water partition coefficient (Wildman–Crippen LogP) is 2.64. The van der Waals surface area contributed by atoms with E-state index in [9.17, 15) is 0 Å². The van der Waals surface area contributed by atoms with Crippen LogP contribution in [0.1, 0.15) is 25.3 Å². The quantitative estimate of drug-likeness (QED) is 0.668. The van der Waals surface area contributed by atoms with Crippen molar-refractivity contribution < 1.29 is 0 Å². The summed E-state index contributed by atoms with van der Waals surface area (Å²) in [5.74, 6) is 0. The van der Waals surface area contributed by atoms with Gasteiger partial charge in [0.05, 0.1) is 0 Å². The Morgan fingerprint density at radius 3 is 3.09 bits per heavy atom.